The second-order valence-electron chi connectivity index (χ2n) is 7.94. The zero-order valence-corrected chi connectivity index (χ0v) is 17.2. The van der Waals surface area contributed by atoms with E-state index in [2.05, 4.69) is 57.2 Å². The van der Waals surface area contributed by atoms with Gasteiger partial charge in [-0.3, -0.25) is 4.79 Å². The van der Waals surface area contributed by atoms with Crippen molar-refractivity contribution in [3.63, 3.8) is 0 Å². The molecule has 29 heavy (non-hydrogen) atoms. The number of carbonyl (C=O) groups excluding carboxylic acids is 1. The van der Waals surface area contributed by atoms with Crippen LogP contribution in [-0.4, -0.2) is 32.6 Å². The first kappa shape index (κ1) is 18.7. The van der Waals surface area contributed by atoms with Crippen LogP contribution in [-0.2, 0) is 16.0 Å². The maximum atomic E-state index is 12.0. The van der Waals surface area contributed by atoms with E-state index in [0.29, 0.717) is 12.6 Å². The molecule has 0 bridgehead atoms. The monoisotopic (exact) mass is 407 g/mol. The summed E-state index contributed by atoms with van der Waals surface area (Å²) >= 11 is 1.53. The quantitative estimate of drug-likeness (QED) is 0.561. The molecule has 0 spiro atoms. The minimum atomic E-state index is -0.160. The minimum absolute atomic E-state index is 0.121. The van der Waals surface area contributed by atoms with Crippen LogP contribution in [0.5, 0.6) is 0 Å². The molecule has 2 aromatic carbocycles. The first-order valence-electron chi connectivity index (χ1n) is 10.5. The molecule has 1 atom stereocenters. The van der Waals surface area contributed by atoms with E-state index in [4.69, 9.17) is 4.74 Å². The van der Waals surface area contributed by atoms with Gasteiger partial charge in [-0.15, -0.1) is 10.2 Å². The molecule has 0 amide bonds. The normalized spacial score (nSPS) is 20.3. The number of rotatable bonds is 5. The zero-order valence-electron chi connectivity index (χ0n) is 16.4. The summed E-state index contributed by atoms with van der Waals surface area (Å²) in [6, 6.07) is 15.4. The van der Waals surface area contributed by atoms with Gasteiger partial charge in [0.25, 0.3) is 0 Å². The fraction of sp³-hybridized carbons (Fsp3) is 0.435. The standard InChI is InChI=1S/C23H25N3O2S/c27-22-20(13-14-28-22)29-23-25-24-21(26(23)18-10-2-1-3-11-18)15-17-9-6-8-16-7-4-5-12-19(16)17/h4-9,12,18,20H,1-3,10-11,13-15H2. The molecule has 1 saturated carbocycles. The number of esters is 1. The number of ether oxygens (including phenoxy) is 1. The third-order valence-electron chi connectivity index (χ3n) is 6.04. The summed E-state index contributed by atoms with van der Waals surface area (Å²) < 4.78 is 7.49. The Morgan fingerprint density at radius 3 is 2.66 bits per heavy atom. The highest BCUT2D eigenvalue weighted by molar-refractivity contribution is 8.00. The number of thioether (sulfide) groups is 1. The molecule has 1 unspecified atom stereocenters. The zero-order chi connectivity index (χ0) is 19.6. The van der Waals surface area contributed by atoms with Crippen LogP contribution in [0.15, 0.2) is 47.6 Å². The molecule has 5 rings (SSSR count). The highest BCUT2D eigenvalue weighted by Gasteiger charge is 2.31. The van der Waals surface area contributed by atoms with E-state index in [9.17, 15) is 4.79 Å². The number of hydrogen-bond acceptors (Lipinski definition) is 5. The Kier molecular flexibility index (Phi) is 5.27. The van der Waals surface area contributed by atoms with E-state index in [0.717, 1.165) is 36.7 Å². The first-order valence-corrected chi connectivity index (χ1v) is 11.4. The molecule has 2 heterocycles. The van der Waals surface area contributed by atoms with E-state index in [1.54, 1.807) is 0 Å². The second-order valence-corrected chi connectivity index (χ2v) is 9.11. The third kappa shape index (κ3) is 3.78. The van der Waals surface area contributed by atoms with Crippen molar-refractivity contribution in [1.29, 1.82) is 0 Å². The van der Waals surface area contributed by atoms with E-state index in [1.165, 1.54) is 47.4 Å². The smallest absolute Gasteiger partial charge is 0.319 e. The van der Waals surface area contributed by atoms with Crippen LogP contribution < -0.4 is 0 Å². The summed E-state index contributed by atoms with van der Waals surface area (Å²) in [5.74, 6) is 0.880. The summed E-state index contributed by atoms with van der Waals surface area (Å²) in [6.07, 6.45) is 7.60. The molecule has 1 aliphatic heterocycles. The van der Waals surface area contributed by atoms with Crippen molar-refractivity contribution in [3.05, 3.63) is 53.9 Å². The number of aromatic nitrogens is 3. The van der Waals surface area contributed by atoms with Crippen molar-refractivity contribution in [3.8, 4) is 0 Å². The van der Waals surface area contributed by atoms with Crippen molar-refractivity contribution in [2.24, 2.45) is 0 Å². The van der Waals surface area contributed by atoms with Crippen molar-refractivity contribution in [1.82, 2.24) is 14.8 Å². The van der Waals surface area contributed by atoms with Gasteiger partial charge in [0, 0.05) is 18.9 Å². The molecule has 0 radical (unpaired) electrons. The van der Waals surface area contributed by atoms with Gasteiger partial charge in [0.15, 0.2) is 5.16 Å². The van der Waals surface area contributed by atoms with Crippen molar-refractivity contribution in [2.45, 2.75) is 61.4 Å². The van der Waals surface area contributed by atoms with Gasteiger partial charge in [0.2, 0.25) is 0 Å². The fourth-order valence-corrected chi connectivity index (χ4v) is 5.63. The number of hydrogen-bond donors (Lipinski definition) is 0. The molecule has 1 aromatic heterocycles. The lowest BCUT2D eigenvalue weighted by Crippen LogP contribution is -2.18. The first-order chi connectivity index (χ1) is 14.3. The molecule has 0 N–H and O–H groups in total. The van der Waals surface area contributed by atoms with Gasteiger partial charge in [-0.25, -0.2) is 0 Å². The Hall–Kier alpha value is -2.34. The van der Waals surface area contributed by atoms with Gasteiger partial charge >= 0.3 is 5.97 Å². The van der Waals surface area contributed by atoms with E-state index in [-0.39, 0.29) is 11.2 Å². The van der Waals surface area contributed by atoms with Crippen LogP contribution >= 0.6 is 11.8 Å². The average molecular weight is 408 g/mol. The molecule has 1 aliphatic carbocycles. The molecule has 3 aromatic rings. The lowest BCUT2D eigenvalue weighted by atomic mass is 9.95. The van der Waals surface area contributed by atoms with Crippen LogP contribution in [0.2, 0.25) is 0 Å². The fourth-order valence-electron chi connectivity index (χ4n) is 4.54. The van der Waals surface area contributed by atoms with Gasteiger partial charge in [0.1, 0.15) is 11.1 Å². The Bertz CT molecular complexity index is 1020. The van der Waals surface area contributed by atoms with Crippen LogP contribution in [0.3, 0.4) is 0 Å². The van der Waals surface area contributed by atoms with Crippen LogP contribution in [0.4, 0.5) is 0 Å². The predicted molar refractivity (Wildman–Crippen MR) is 114 cm³/mol. The van der Waals surface area contributed by atoms with Crippen LogP contribution in [0, 0.1) is 0 Å². The second kappa shape index (κ2) is 8.19. The minimum Gasteiger partial charge on any atom is -0.465 e. The number of fused-ring (bicyclic) bond motifs is 1. The number of cyclic esters (lactones) is 1. The Labute approximate surface area is 174 Å². The molecule has 1 saturated heterocycles. The highest BCUT2D eigenvalue weighted by Crippen LogP contribution is 2.36. The maximum absolute atomic E-state index is 12.0. The van der Waals surface area contributed by atoms with Gasteiger partial charge in [-0.05, 0) is 29.2 Å². The average Bonchev–Trinajstić information content (AvgIpc) is 3.35. The van der Waals surface area contributed by atoms with Crippen molar-refractivity contribution < 1.29 is 9.53 Å². The Balaban J connectivity index is 1.50. The van der Waals surface area contributed by atoms with E-state index in [1.807, 2.05) is 0 Å². The molecular weight excluding hydrogens is 382 g/mol. The lowest BCUT2D eigenvalue weighted by molar-refractivity contribution is -0.137. The highest BCUT2D eigenvalue weighted by atomic mass is 32.2. The van der Waals surface area contributed by atoms with Crippen LogP contribution in [0.25, 0.3) is 10.8 Å². The topological polar surface area (TPSA) is 57.0 Å². The summed E-state index contributed by atoms with van der Waals surface area (Å²) in [7, 11) is 0. The summed E-state index contributed by atoms with van der Waals surface area (Å²) in [5, 5.41) is 12.4. The van der Waals surface area contributed by atoms with Gasteiger partial charge in [0.05, 0.1) is 6.61 Å². The number of benzene rings is 2. The van der Waals surface area contributed by atoms with Crippen molar-refractivity contribution in [2.75, 3.05) is 6.61 Å². The largest absolute Gasteiger partial charge is 0.465 e. The van der Waals surface area contributed by atoms with E-state index >= 15 is 0 Å². The molecule has 6 heteroatoms. The summed E-state index contributed by atoms with van der Waals surface area (Å²) in [5.41, 5.74) is 1.27. The van der Waals surface area contributed by atoms with Gasteiger partial charge in [-0.1, -0.05) is 73.5 Å². The lowest BCUT2D eigenvalue weighted by Gasteiger charge is -2.26. The maximum Gasteiger partial charge on any atom is 0.319 e. The molecule has 2 fully saturated rings. The van der Waals surface area contributed by atoms with Crippen LogP contribution in [0.1, 0.15) is 56.0 Å². The molecule has 5 nitrogen and oxygen atoms in total. The molecular formula is C23H25N3O2S. The van der Waals surface area contributed by atoms with Gasteiger partial charge < -0.3 is 9.30 Å². The number of nitrogens with zero attached hydrogens (tertiary/aromatic N) is 3. The predicted octanol–water partition coefficient (Wildman–Crippen LogP) is 4.93. The Morgan fingerprint density at radius 2 is 1.83 bits per heavy atom. The third-order valence-corrected chi connectivity index (χ3v) is 7.24. The summed E-state index contributed by atoms with van der Waals surface area (Å²) in [4.78, 5) is 12.0. The van der Waals surface area contributed by atoms with Crippen molar-refractivity contribution >= 4 is 28.5 Å². The van der Waals surface area contributed by atoms with E-state index < -0.39 is 0 Å². The van der Waals surface area contributed by atoms with Gasteiger partial charge in [-0.2, -0.15) is 0 Å². The Morgan fingerprint density at radius 1 is 1.00 bits per heavy atom. The SMILES string of the molecule is O=C1OCCC1Sc1nnc(Cc2cccc3ccccc23)n1C1CCCCC1. The number of carbonyl (C=O) groups is 1. The molecule has 150 valence electrons. The molecule has 2 aliphatic rings. The summed E-state index contributed by atoms with van der Waals surface area (Å²) in [6.45, 7) is 0.511.